The standard InChI is InChI=1S/C24H22Cl4N2O5/c1-4-5-9-14(24(34)35-10-15(31)29-13-8-6-7-11(2)12(13)3)30-22(32)16-17(23(30)33)19(26)21(28)20(27)18(16)25/h6-8,14H,4-5,9-10H2,1-3H3,(H,29,31)/t14-/m1/s1. The highest BCUT2D eigenvalue weighted by Gasteiger charge is 2.47. The van der Waals surface area contributed by atoms with E-state index in [-0.39, 0.29) is 37.6 Å². The zero-order chi connectivity index (χ0) is 26.0. The summed E-state index contributed by atoms with van der Waals surface area (Å²) in [7, 11) is 0. The lowest BCUT2D eigenvalue weighted by Crippen LogP contribution is -2.46. The second-order valence-electron chi connectivity index (χ2n) is 8.05. The van der Waals surface area contributed by atoms with E-state index in [0.29, 0.717) is 18.5 Å². The quantitative estimate of drug-likeness (QED) is 0.178. The normalized spacial score (nSPS) is 13.6. The summed E-state index contributed by atoms with van der Waals surface area (Å²) in [5.41, 5.74) is 2.01. The molecule has 0 spiro atoms. The lowest BCUT2D eigenvalue weighted by Gasteiger charge is -2.24. The zero-order valence-corrected chi connectivity index (χ0v) is 22.2. The third-order valence-corrected chi connectivity index (χ3v) is 7.57. The van der Waals surface area contributed by atoms with Crippen molar-refractivity contribution in [2.75, 3.05) is 11.9 Å². The Morgan fingerprint density at radius 3 is 2.09 bits per heavy atom. The van der Waals surface area contributed by atoms with Crippen LogP contribution in [0.3, 0.4) is 0 Å². The number of nitrogens with zero attached hydrogens (tertiary/aromatic N) is 1. The molecule has 3 amide bonds. The lowest BCUT2D eigenvalue weighted by atomic mass is 10.1. The molecule has 186 valence electrons. The molecule has 7 nitrogen and oxygen atoms in total. The molecular weight excluding hydrogens is 538 g/mol. The van der Waals surface area contributed by atoms with Crippen molar-refractivity contribution >= 4 is 75.8 Å². The molecule has 0 aliphatic carbocycles. The second kappa shape index (κ2) is 11.2. The number of aryl methyl sites for hydroxylation is 1. The minimum atomic E-state index is -1.29. The summed E-state index contributed by atoms with van der Waals surface area (Å²) in [6.07, 6.45) is 1.31. The zero-order valence-electron chi connectivity index (χ0n) is 19.1. The number of rotatable bonds is 8. The molecule has 1 aliphatic rings. The molecule has 0 saturated heterocycles. The van der Waals surface area contributed by atoms with E-state index >= 15 is 0 Å². The van der Waals surface area contributed by atoms with Crippen LogP contribution in [0.2, 0.25) is 20.1 Å². The van der Waals surface area contributed by atoms with Gasteiger partial charge in [-0.15, -0.1) is 0 Å². The molecule has 0 fully saturated rings. The highest BCUT2D eigenvalue weighted by molar-refractivity contribution is 6.55. The number of nitrogens with one attached hydrogen (secondary N) is 1. The molecule has 0 radical (unpaired) electrons. The van der Waals surface area contributed by atoms with E-state index in [1.165, 1.54) is 0 Å². The van der Waals surface area contributed by atoms with Gasteiger partial charge in [-0.1, -0.05) is 78.3 Å². The molecule has 1 atom stereocenters. The van der Waals surface area contributed by atoms with Crippen LogP contribution in [0.1, 0.15) is 58.0 Å². The maximum atomic E-state index is 13.2. The van der Waals surface area contributed by atoms with Crippen LogP contribution in [0, 0.1) is 13.8 Å². The van der Waals surface area contributed by atoms with E-state index in [1.54, 1.807) is 12.1 Å². The number of carbonyl (C=O) groups excluding carboxylic acids is 4. The predicted octanol–water partition coefficient (Wildman–Crippen LogP) is 6.25. The van der Waals surface area contributed by atoms with E-state index in [2.05, 4.69) is 5.32 Å². The summed E-state index contributed by atoms with van der Waals surface area (Å²) in [6, 6.07) is 4.14. The summed E-state index contributed by atoms with van der Waals surface area (Å²) in [5, 5.41) is 1.89. The first-order valence-corrected chi connectivity index (χ1v) is 12.3. The fraction of sp³-hybridized carbons (Fsp3) is 0.333. The number of halogens is 4. The van der Waals surface area contributed by atoms with Gasteiger partial charge in [-0.25, -0.2) is 4.79 Å². The molecule has 11 heteroatoms. The minimum Gasteiger partial charge on any atom is -0.454 e. The van der Waals surface area contributed by atoms with E-state index in [9.17, 15) is 19.2 Å². The fourth-order valence-electron chi connectivity index (χ4n) is 3.71. The van der Waals surface area contributed by atoms with Crippen LogP contribution in [0.15, 0.2) is 18.2 Å². The molecule has 0 bridgehead atoms. The van der Waals surface area contributed by atoms with Gasteiger partial charge in [-0.05, 0) is 37.5 Å². The van der Waals surface area contributed by atoms with Crippen molar-refractivity contribution in [3.05, 3.63) is 60.5 Å². The van der Waals surface area contributed by atoms with Crippen LogP contribution in [-0.2, 0) is 14.3 Å². The van der Waals surface area contributed by atoms with Gasteiger partial charge in [0.1, 0.15) is 6.04 Å². The highest BCUT2D eigenvalue weighted by Crippen LogP contribution is 2.45. The second-order valence-corrected chi connectivity index (χ2v) is 9.56. The smallest absolute Gasteiger partial charge is 0.329 e. The topological polar surface area (TPSA) is 92.8 Å². The van der Waals surface area contributed by atoms with Crippen LogP contribution in [0.5, 0.6) is 0 Å². The van der Waals surface area contributed by atoms with Crippen molar-refractivity contribution in [3.8, 4) is 0 Å². The van der Waals surface area contributed by atoms with E-state index in [4.69, 9.17) is 51.1 Å². The maximum absolute atomic E-state index is 13.2. The number of hydrogen-bond donors (Lipinski definition) is 1. The van der Waals surface area contributed by atoms with Crippen LogP contribution in [-0.4, -0.2) is 41.2 Å². The molecule has 1 N–H and O–H groups in total. The first-order chi connectivity index (χ1) is 16.5. The highest BCUT2D eigenvalue weighted by atomic mass is 35.5. The average molecular weight is 560 g/mol. The van der Waals surface area contributed by atoms with Crippen molar-refractivity contribution in [2.24, 2.45) is 0 Å². The Morgan fingerprint density at radius 1 is 0.971 bits per heavy atom. The van der Waals surface area contributed by atoms with Gasteiger partial charge in [0, 0.05) is 5.69 Å². The van der Waals surface area contributed by atoms with Crippen LogP contribution < -0.4 is 5.32 Å². The summed E-state index contributed by atoms with van der Waals surface area (Å²) in [5.74, 6) is -3.15. The van der Waals surface area contributed by atoms with Crippen LogP contribution in [0.25, 0.3) is 0 Å². The largest absolute Gasteiger partial charge is 0.454 e. The van der Waals surface area contributed by atoms with Gasteiger partial charge >= 0.3 is 5.97 Å². The fourth-order valence-corrected chi connectivity index (χ4v) is 4.72. The molecule has 0 unspecified atom stereocenters. The molecule has 1 aliphatic heterocycles. The lowest BCUT2D eigenvalue weighted by molar-refractivity contribution is -0.151. The van der Waals surface area contributed by atoms with E-state index < -0.39 is 36.3 Å². The third-order valence-electron chi connectivity index (χ3n) is 5.77. The van der Waals surface area contributed by atoms with Gasteiger partial charge < -0.3 is 10.1 Å². The molecule has 2 aromatic carbocycles. The summed E-state index contributed by atoms with van der Waals surface area (Å²) >= 11 is 24.5. The number of carbonyl (C=O) groups is 4. The molecule has 3 rings (SSSR count). The van der Waals surface area contributed by atoms with Crippen molar-refractivity contribution in [1.29, 1.82) is 0 Å². The van der Waals surface area contributed by atoms with E-state index in [0.717, 1.165) is 16.0 Å². The van der Waals surface area contributed by atoms with Crippen molar-refractivity contribution in [3.63, 3.8) is 0 Å². The van der Waals surface area contributed by atoms with Gasteiger partial charge in [-0.2, -0.15) is 0 Å². The van der Waals surface area contributed by atoms with Crippen molar-refractivity contribution in [1.82, 2.24) is 4.90 Å². The van der Waals surface area contributed by atoms with Gasteiger partial charge in [0.05, 0.1) is 31.2 Å². The Morgan fingerprint density at radius 2 is 1.54 bits per heavy atom. The average Bonchev–Trinajstić information content (AvgIpc) is 3.08. The van der Waals surface area contributed by atoms with E-state index in [1.807, 2.05) is 26.8 Å². The number of imide groups is 1. The van der Waals surface area contributed by atoms with Crippen molar-refractivity contribution < 1.29 is 23.9 Å². The van der Waals surface area contributed by atoms with Gasteiger partial charge in [0.15, 0.2) is 6.61 Å². The number of esters is 1. The Balaban J connectivity index is 1.81. The Bertz CT molecular complexity index is 1180. The summed E-state index contributed by atoms with van der Waals surface area (Å²) in [6.45, 7) is 5.05. The number of ether oxygens (including phenoxy) is 1. The molecule has 0 saturated carbocycles. The predicted molar refractivity (Wildman–Crippen MR) is 136 cm³/mol. The number of hydrogen-bond acceptors (Lipinski definition) is 5. The molecular formula is C24H22Cl4N2O5. The number of anilines is 1. The summed E-state index contributed by atoms with van der Waals surface area (Å²) in [4.78, 5) is 52.5. The van der Waals surface area contributed by atoms with Crippen LogP contribution in [0.4, 0.5) is 5.69 Å². The van der Waals surface area contributed by atoms with Gasteiger partial charge in [0.2, 0.25) is 0 Å². The van der Waals surface area contributed by atoms with Gasteiger partial charge in [-0.3, -0.25) is 19.3 Å². The minimum absolute atomic E-state index is 0.121. The Hall–Kier alpha value is -2.32. The Labute approximate surface area is 222 Å². The third kappa shape index (κ3) is 5.28. The maximum Gasteiger partial charge on any atom is 0.329 e. The Kier molecular flexibility index (Phi) is 8.70. The molecule has 1 heterocycles. The summed E-state index contributed by atoms with van der Waals surface area (Å²) < 4.78 is 5.21. The number of fused-ring (bicyclic) bond motifs is 1. The molecule has 35 heavy (non-hydrogen) atoms. The first kappa shape index (κ1) is 27.3. The number of unbranched alkanes of at least 4 members (excludes halogenated alkanes) is 1. The molecule has 2 aromatic rings. The number of amides is 3. The molecule has 0 aromatic heterocycles. The monoisotopic (exact) mass is 558 g/mol. The van der Waals surface area contributed by atoms with Gasteiger partial charge in [0.25, 0.3) is 17.7 Å². The SMILES string of the molecule is CCCC[C@H](C(=O)OCC(=O)Nc1cccc(C)c1C)N1C(=O)c2c(Cl)c(Cl)c(Cl)c(Cl)c2C1=O. The first-order valence-electron chi connectivity index (χ1n) is 10.8. The van der Waals surface area contributed by atoms with Crippen molar-refractivity contribution in [2.45, 2.75) is 46.1 Å². The van der Waals surface area contributed by atoms with Crippen LogP contribution >= 0.6 is 46.4 Å². The number of benzene rings is 2.